The van der Waals surface area contributed by atoms with Gasteiger partial charge in [-0.3, -0.25) is 0 Å². The van der Waals surface area contributed by atoms with Gasteiger partial charge in [0.25, 0.3) is 11.7 Å². The molecule has 3 aromatic heterocycles. The Hall–Kier alpha value is -3.33. The lowest BCUT2D eigenvalue weighted by Gasteiger charge is -2.14. The van der Waals surface area contributed by atoms with Gasteiger partial charge in [-0.05, 0) is 37.1 Å². The molecule has 4 rings (SSSR count). The van der Waals surface area contributed by atoms with Gasteiger partial charge in [-0.25, -0.2) is 14.3 Å². The van der Waals surface area contributed by atoms with Gasteiger partial charge in [0.15, 0.2) is 6.10 Å². The molecule has 0 N–H and O–H groups in total. The highest BCUT2D eigenvalue weighted by molar-refractivity contribution is 6.30. The van der Waals surface area contributed by atoms with Gasteiger partial charge in [0.1, 0.15) is 6.33 Å². The molecule has 3 heterocycles. The first-order valence-corrected chi connectivity index (χ1v) is 9.31. The number of hydrogen-bond donors (Lipinski definition) is 0. The predicted octanol–water partition coefficient (Wildman–Crippen LogP) is 3.87. The van der Waals surface area contributed by atoms with Crippen LogP contribution in [-0.2, 0) is 4.74 Å². The van der Waals surface area contributed by atoms with Gasteiger partial charge in [0.05, 0.1) is 11.3 Å². The Balaban J connectivity index is 1.57. The molecule has 0 fully saturated rings. The van der Waals surface area contributed by atoms with Crippen LogP contribution in [0.15, 0.2) is 41.3 Å². The summed E-state index contributed by atoms with van der Waals surface area (Å²) in [6.45, 7) is 5.56. The maximum atomic E-state index is 12.8. The summed E-state index contributed by atoms with van der Waals surface area (Å²) in [5.74, 6) is 0.428. The van der Waals surface area contributed by atoms with E-state index in [0.29, 0.717) is 27.9 Å². The van der Waals surface area contributed by atoms with Crippen LogP contribution in [0.1, 0.15) is 54.7 Å². The highest BCUT2D eigenvalue weighted by Crippen LogP contribution is 2.25. The molecule has 0 aliphatic heterocycles. The normalized spacial score (nSPS) is 12.4. The van der Waals surface area contributed by atoms with Crippen molar-refractivity contribution in [3.05, 3.63) is 59.0 Å². The van der Waals surface area contributed by atoms with Crippen molar-refractivity contribution in [2.75, 3.05) is 0 Å². The number of halogens is 1. The van der Waals surface area contributed by atoms with Crippen molar-refractivity contribution in [2.45, 2.75) is 32.8 Å². The lowest BCUT2D eigenvalue weighted by Crippen LogP contribution is -2.16. The SMILES string of the molecule is CC(C)c1c(C(=O)OC(C)c2nc(-c3ccc(Cl)cc3)no2)cnc2ncnn12. The highest BCUT2D eigenvalue weighted by atomic mass is 35.5. The van der Waals surface area contributed by atoms with E-state index in [1.807, 2.05) is 13.8 Å². The van der Waals surface area contributed by atoms with E-state index in [2.05, 4.69) is 25.2 Å². The molecule has 1 aromatic carbocycles. The molecule has 4 aromatic rings. The van der Waals surface area contributed by atoms with E-state index in [4.69, 9.17) is 20.9 Å². The molecule has 0 saturated carbocycles. The standard InChI is InChI=1S/C19H17ClN6O3/c1-10(2)15-14(8-21-19-22-9-23-26(15)19)18(27)28-11(3)17-24-16(25-29-17)12-4-6-13(20)7-5-12/h4-11H,1-3H3. The highest BCUT2D eigenvalue weighted by Gasteiger charge is 2.25. The maximum absolute atomic E-state index is 12.8. The first-order chi connectivity index (χ1) is 13.9. The van der Waals surface area contributed by atoms with Crippen LogP contribution in [0, 0.1) is 0 Å². The minimum atomic E-state index is -0.748. The van der Waals surface area contributed by atoms with Gasteiger partial charge in [-0.1, -0.05) is 30.6 Å². The number of esters is 1. The molecular weight excluding hydrogens is 396 g/mol. The summed E-state index contributed by atoms with van der Waals surface area (Å²) < 4.78 is 12.4. The van der Waals surface area contributed by atoms with E-state index in [-0.39, 0.29) is 11.8 Å². The zero-order valence-electron chi connectivity index (χ0n) is 15.9. The molecule has 29 heavy (non-hydrogen) atoms. The predicted molar refractivity (Wildman–Crippen MR) is 103 cm³/mol. The van der Waals surface area contributed by atoms with Crippen molar-refractivity contribution in [1.29, 1.82) is 0 Å². The van der Waals surface area contributed by atoms with E-state index in [0.717, 1.165) is 5.56 Å². The molecule has 10 heteroatoms. The second-order valence-corrected chi connectivity index (χ2v) is 7.13. The molecule has 0 aliphatic rings. The van der Waals surface area contributed by atoms with Crippen molar-refractivity contribution in [2.24, 2.45) is 0 Å². The van der Waals surface area contributed by atoms with E-state index in [1.165, 1.54) is 17.0 Å². The molecule has 9 nitrogen and oxygen atoms in total. The molecule has 0 amide bonds. The Morgan fingerprint density at radius 2 is 1.93 bits per heavy atom. The average molecular weight is 413 g/mol. The molecular formula is C19H17ClN6O3. The van der Waals surface area contributed by atoms with E-state index in [9.17, 15) is 4.79 Å². The maximum Gasteiger partial charge on any atom is 0.342 e. The summed E-state index contributed by atoms with van der Waals surface area (Å²) in [6.07, 6.45) is 2.09. The molecule has 148 valence electrons. The van der Waals surface area contributed by atoms with Gasteiger partial charge in [-0.15, -0.1) is 0 Å². The van der Waals surface area contributed by atoms with Gasteiger partial charge in [0, 0.05) is 16.8 Å². The third kappa shape index (κ3) is 3.68. The Kier molecular flexibility index (Phi) is 4.98. The van der Waals surface area contributed by atoms with Crippen LogP contribution in [0.2, 0.25) is 5.02 Å². The second kappa shape index (κ2) is 7.59. The number of nitrogens with zero attached hydrogens (tertiary/aromatic N) is 6. The second-order valence-electron chi connectivity index (χ2n) is 6.69. The smallest absolute Gasteiger partial charge is 0.342 e. The number of carbonyl (C=O) groups excluding carboxylic acids is 1. The molecule has 0 aliphatic carbocycles. The number of ether oxygens (including phenoxy) is 1. The Labute approximate surface area is 170 Å². The van der Waals surface area contributed by atoms with Crippen molar-refractivity contribution in [1.82, 2.24) is 29.7 Å². The van der Waals surface area contributed by atoms with E-state index >= 15 is 0 Å². The number of aromatic nitrogens is 6. The lowest BCUT2D eigenvalue weighted by molar-refractivity contribution is 0.0262. The Morgan fingerprint density at radius 1 is 1.17 bits per heavy atom. The fraction of sp³-hybridized carbons (Fsp3) is 0.263. The lowest BCUT2D eigenvalue weighted by atomic mass is 10.1. The van der Waals surface area contributed by atoms with Crippen LogP contribution in [0.3, 0.4) is 0 Å². The molecule has 0 spiro atoms. The van der Waals surface area contributed by atoms with Crippen LogP contribution in [0.4, 0.5) is 0 Å². The van der Waals surface area contributed by atoms with Crippen molar-refractivity contribution in [3.63, 3.8) is 0 Å². The van der Waals surface area contributed by atoms with Crippen LogP contribution in [0.25, 0.3) is 17.2 Å². The third-order valence-corrected chi connectivity index (χ3v) is 4.54. The molecule has 0 bridgehead atoms. The van der Waals surface area contributed by atoms with E-state index < -0.39 is 12.1 Å². The molecule has 0 radical (unpaired) electrons. The van der Waals surface area contributed by atoms with Gasteiger partial charge >= 0.3 is 5.97 Å². The number of rotatable bonds is 5. The topological polar surface area (TPSA) is 108 Å². The van der Waals surface area contributed by atoms with Crippen LogP contribution >= 0.6 is 11.6 Å². The van der Waals surface area contributed by atoms with Crippen molar-refractivity contribution < 1.29 is 14.1 Å². The molecule has 0 saturated heterocycles. The third-order valence-electron chi connectivity index (χ3n) is 4.29. The first kappa shape index (κ1) is 19.0. The summed E-state index contributed by atoms with van der Waals surface area (Å²) in [7, 11) is 0. The Morgan fingerprint density at radius 3 is 2.66 bits per heavy atom. The number of benzene rings is 1. The largest absolute Gasteiger partial charge is 0.449 e. The van der Waals surface area contributed by atoms with Crippen molar-refractivity contribution >= 4 is 23.3 Å². The fourth-order valence-corrected chi connectivity index (χ4v) is 3.03. The summed E-state index contributed by atoms with van der Waals surface area (Å²) in [5.41, 5.74) is 1.71. The molecule has 1 atom stereocenters. The van der Waals surface area contributed by atoms with Crippen LogP contribution < -0.4 is 0 Å². The monoisotopic (exact) mass is 412 g/mol. The zero-order chi connectivity index (χ0) is 20.5. The van der Waals surface area contributed by atoms with E-state index in [1.54, 1.807) is 31.2 Å². The molecule has 1 unspecified atom stereocenters. The fourth-order valence-electron chi connectivity index (χ4n) is 2.90. The minimum absolute atomic E-state index is 0.0000297. The summed E-state index contributed by atoms with van der Waals surface area (Å²) in [5, 5.41) is 8.70. The summed E-state index contributed by atoms with van der Waals surface area (Å²) >= 11 is 5.90. The van der Waals surface area contributed by atoms with Gasteiger partial charge < -0.3 is 9.26 Å². The van der Waals surface area contributed by atoms with Gasteiger partial charge in [0.2, 0.25) is 5.82 Å². The zero-order valence-corrected chi connectivity index (χ0v) is 16.7. The van der Waals surface area contributed by atoms with Gasteiger partial charge in [-0.2, -0.15) is 15.1 Å². The number of hydrogen-bond acceptors (Lipinski definition) is 8. The van der Waals surface area contributed by atoms with Crippen molar-refractivity contribution in [3.8, 4) is 11.4 Å². The summed E-state index contributed by atoms with van der Waals surface area (Å²) in [6, 6.07) is 7.03. The van der Waals surface area contributed by atoms with Crippen LogP contribution in [-0.4, -0.2) is 35.7 Å². The van der Waals surface area contributed by atoms with Crippen LogP contribution in [0.5, 0.6) is 0 Å². The minimum Gasteiger partial charge on any atom is -0.449 e. The summed E-state index contributed by atoms with van der Waals surface area (Å²) in [4.78, 5) is 25.3. The Bertz CT molecular complexity index is 1170. The first-order valence-electron chi connectivity index (χ1n) is 8.93. The average Bonchev–Trinajstić information content (AvgIpc) is 3.37. The number of fused-ring (bicyclic) bond motifs is 1. The quantitative estimate of drug-likeness (QED) is 0.454. The number of carbonyl (C=O) groups is 1.